The minimum atomic E-state index is -1.79. The number of nitrogens with two attached hydrogens (primary N) is 4. The predicted octanol–water partition coefficient (Wildman–Crippen LogP) is -8.42. The molecule has 2 saturated heterocycles. The number of carbonyl (C=O) groups is 1. The second-order valence-electron chi connectivity index (χ2n) is 10.4. The van der Waals surface area contributed by atoms with Crippen molar-refractivity contribution in [3.8, 4) is 0 Å². The first-order valence-electron chi connectivity index (χ1n) is 13.0. The minimum Gasteiger partial charge on any atom is -0.394 e. The van der Waals surface area contributed by atoms with Gasteiger partial charge in [-0.15, -0.1) is 0 Å². The fourth-order valence-electron chi connectivity index (χ4n) is 5.06. The summed E-state index contributed by atoms with van der Waals surface area (Å²) in [5.41, 5.74) is 23.0. The molecule has 0 unspecified atom stereocenters. The van der Waals surface area contributed by atoms with Crippen LogP contribution in [0.3, 0.4) is 0 Å². The highest BCUT2D eigenvalue weighted by atomic mass is 16.7. The highest BCUT2D eigenvalue weighted by Gasteiger charge is 2.52. The molecule has 2 heterocycles. The highest BCUT2D eigenvalue weighted by molar-refractivity contribution is 5.76. The Morgan fingerprint density at radius 2 is 1.45 bits per heavy atom. The second-order valence-corrected chi connectivity index (χ2v) is 10.4. The maximum Gasteiger partial charge on any atom is 0.222 e. The predicted molar refractivity (Wildman–Crippen MR) is 131 cm³/mol. The molecule has 0 radical (unpaired) electrons. The second kappa shape index (κ2) is 14.3. The first-order valence-corrected chi connectivity index (χ1v) is 13.0. The van der Waals surface area contributed by atoms with Crippen molar-refractivity contribution in [1.82, 2.24) is 5.32 Å². The summed E-state index contributed by atoms with van der Waals surface area (Å²) >= 11 is 0. The van der Waals surface area contributed by atoms with Crippen molar-refractivity contribution in [3.63, 3.8) is 0 Å². The zero-order chi connectivity index (χ0) is 29.9. The third-order valence-electron chi connectivity index (χ3n) is 7.48. The van der Waals surface area contributed by atoms with E-state index in [1.54, 1.807) is 0 Å². The van der Waals surface area contributed by atoms with Crippen molar-refractivity contribution < 1.29 is 64.6 Å². The lowest BCUT2D eigenvalue weighted by Crippen LogP contribution is -2.69. The lowest BCUT2D eigenvalue weighted by molar-refractivity contribution is -0.332. The van der Waals surface area contributed by atoms with Gasteiger partial charge in [0.05, 0.1) is 31.2 Å². The Balaban J connectivity index is 1.84. The molecular weight excluding hydrogens is 542 g/mol. The normalized spacial score (nSPS) is 47.0. The maximum atomic E-state index is 12.5. The number of carbonyl (C=O) groups excluding carboxylic acids is 1. The number of hydrogen-bond acceptors (Lipinski definition) is 17. The largest absolute Gasteiger partial charge is 0.394 e. The molecule has 17 N–H and O–H groups in total. The van der Waals surface area contributed by atoms with Gasteiger partial charge in [-0.2, -0.15) is 0 Å². The molecule has 1 aliphatic carbocycles. The van der Waals surface area contributed by atoms with Crippen LogP contribution in [-0.4, -0.2) is 164 Å². The minimum absolute atomic E-state index is 0.105. The zero-order valence-electron chi connectivity index (χ0n) is 21.7. The van der Waals surface area contributed by atoms with Gasteiger partial charge in [-0.3, -0.25) is 4.79 Å². The summed E-state index contributed by atoms with van der Waals surface area (Å²) in [5, 5.41) is 84.6. The van der Waals surface area contributed by atoms with Crippen LogP contribution in [0.2, 0.25) is 0 Å². The van der Waals surface area contributed by atoms with Gasteiger partial charge in [0.2, 0.25) is 5.91 Å². The van der Waals surface area contributed by atoms with Crippen molar-refractivity contribution in [2.24, 2.45) is 22.9 Å². The van der Waals surface area contributed by atoms with E-state index in [1.807, 2.05) is 0 Å². The fraction of sp³-hybridized carbons (Fsp3) is 0.955. The number of hydrogen-bond donors (Lipinski definition) is 13. The van der Waals surface area contributed by atoms with E-state index < -0.39 is 110 Å². The van der Waals surface area contributed by atoms with E-state index in [-0.39, 0.29) is 25.9 Å². The van der Waals surface area contributed by atoms with Crippen molar-refractivity contribution >= 4 is 5.91 Å². The molecule has 0 aromatic carbocycles. The first-order chi connectivity index (χ1) is 18.8. The first kappa shape index (κ1) is 33.3. The van der Waals surface area contributed by atoms with Crippen LogP contribution in [0.15, 0.2) is 0 Å². The molecule has 3 rings (SSSR count). The number of amides is 1. The molecule has 3 aliphatic rings. The molecule has 3 fully saturated rings. The summed E-state index contributed by atoms with van der Waals surface area (Å²) in [4.78, 5) is 12.5. The molecule has 0 bridgehead atoms. The molecule has 234 valence electrons. The Labute approximate surface area is 229 Å². The van der Waals surface area contributed by atoms with E-state index in [4.69, 9.17) is 41.9 Å². The van der Waals surface area contributed by atoms with Gasteiger partial charge in [-0.1, -0.05) is 0 Å². The summed E-state index contributed by atoms with van der Waals surface area (Å²) in [6, 6.07) is -3.34. The van der Waals surface area contributed by atoms with Gasteiger partial charge in [-0.25, -0.2) is 0 Å². The van der Waals surface area contributed by atoms with Gasteiger partial charge in [0, 0.05) is 19.1 Å². The van der Waals surface area contributed by atoms with E-state index in [2.05, 4.69) is 5.32 Å². The standard InChI is InChI=1S/C22H43N5O13/c23-3-6(29)1-11(30)27-8-2-7(25)19(39-21-15(33)12(26)13(31)10(5-28)38-21)18(36)20(8)40-22-17(35)16(34)14(32)9(4-24)37-22/h6-10,12-22,28-29,31-36H,1-5,23-26H2,(H,27,30)/t6-,7+,8-,9+,10+,12-,13+,14+,15+,16-,17+,18+,19-,20+,21+,22+/m0/s1. The van der Waals surface area contributed by atoms with E-state index >= 15 is 0 Å². The van der Waals surface area contributed by atoms with Crippen LogP contribution < -0.4 is 28.3 Å². The molecule has 1 saturated carbocycles. The van der Waals surface area contributed by atoms with E-state index in [0.29, 0.717) is 0 Å². The molecule has 16 atom stereocenters. The molecule has 0 aromatic rings. The third kappa shape index (κ3) is 7.24. The fourth-order valence-corrected chi connectivity index (χ4v) is 5.06. The van der Waals surface area contributed by atoms with Crippen molar-refractivity contribution in [2.45, 2.75) is 111 Å². The SMILES string of the molecule is NC[C@@H](O)CC(=O)N[C@H]1C[C@@H](N)[C@H](O[C@H]2O[C@H](CO)[C@@H](O)[C@H](N)[C@H]2O)[C@@H](O)[C@@H]1O[C@H]1O[C@H](CN)[C@@H](O)[C@H](O)[C@H]1O. The van der Waals surface area contributed by atoms with Gasteiger partial charge < -0.3 is 88.1 Å². The van der Waals surface area contributed by atoms with Gasteiger partial charge in [0.25, 0.3) is 0 Å². The van der Waals surface area contributed by atoms with Crippen LogP contribution in [0.5, 0.6) is 0 Å². The maximum absolute atomic E-state index is 12.5. The molecule has 1 amide bonds. The Bertz CT molecular complexity index is 815. The molecule has 18 nitrogen and oxygen atoms in total. The van der Waals surface area contributed by atoms with Crippen LogP contribution in [0.4, 0.5) is 0 Å². The third-order valence-corrected chi connectivity index (χ3v) is 7.48. The lowest BCUT2D eigenvalue weighted by Gasteiger charge is -2.48. The molecule has 0 spiro atoms. The van der Waals surface area contributed by atoms with Gasteiger partial charge >= 0.3 is 0 Å². The van der Waals surface area contributed by atoms with Gasteiger partial charge in [0.15, 0.2) is 12.6 Å². The molecule has 2 aliphatic heterocycles. The highest BCUT2D eigenvalue weighted by Crippen LogP contribution is 2.32. The molecule has 18 heteroatoms. The topological polar surface area (TPSA) is 332 Å². The number of ether oxygens (including phenoxy) is 4. The Kier molecular flexibility index (Phi) is 11.9. The van der Waals surface area contributed by atoms with Crippen molar-refractivity contribution in [1.29, 1.82) is 0 Å². The quantitative estimate of drug-likeness (QED) is 0.113. The van der Waals surface area contributed by atoms with E-state index in [0.717, 1.165) is 0 Å². The monoisotopic (exact) mass is 585 g/mol. The summed E-state index contributed by atoms with van der Waals surface area (Å²) in [6.45, 7) is -1.09. The van der Waals surface area contributed by atoms with Crippen LogP contribution in [0.25, 0.3) is 0 Å². The lowest BCUT2D eigenvalue weighted by atomic mass is 9.83. The van der Waals surface area contributed by atoms with Gasteiger partial charge in [-0.05, 0) is 6.42 Å². The number of aliphatic hydroxyl groups excluding tert-OH is 8. The average molecular weight is 586 g/mol. The average Bonchev–Trinajstić information content (AvgIpc) is 2.92. The summed E-state index contributed by atoms with van der Waals surface area (Å²) < 4.78 is 22.5. The molecule has 40 heavy (non-hydrogen) atoms. The van der Waals surface area contributed by atoms with Crippen molar-refractivity contribution in [3.05, 3.63) is 0 Å². The Morgan fingerprint density at radius 1 is 0.850 bits per heavy atom. The molecular formula is C22H43N5O13. The number of rotatable bonds is 10. The van der Waals surface area contributed by atoms with Crippen LogP contribution in [-0.2, 0) is 23.7 Å². The molecule has 0 aromatic heterocycles. The van der Waals surface area contributed by atoms with Crippen LogP contribution >= 0.6 is 0 Å². The van der Waals surface area contributed by atoms with E-state index in [1.165, 1.54) is 0 Å². The van der Waals surface area contributed by atoms with Crippen LogP contribution in [0.1, 0.15) is 12.8 Å². The Hall–Kier alpha value is -1.17. The van der Waals surface area contributed by atoms with E-state index in [9.17, 15) is 45.6 Å². The summed E-state index contributed by atoms with van der Waals surface area (Å²) in [7, 11) is 0. The number of nitrogens with one attached hydrogen (secondary N) is 1. The number of aliphatic hydroxyl groups is 8. The van der Waals surface area contributed by atoms with Crippen molar-refractivity contribution in [2.75, 3.05) is 19.7 Å². The summed E-state index contributed by atoms with van der Waals surface area (Å²) in [5.74, 6) is -0.660. The van der Waals surface area contributed by atoms with Crippen LogP contribution in [0, 0.1) is 0 Å². The summed E-state index contributed by atoms with van der Waals surface area (Å²) in [6.07, 6.45) is -19.7. The zero-order valence-corrected chi connectivity index (χ0v) is 21.7. The van der Waals surface area contributed by atoms with Gasteiger partial charge in [0.1, 0.15) is 61.0 Å². The Morgan fingerprint density at radius 3 is 2.05 bits per heavy atom. The smallest absolute Gasteiger partial charge is 0.222 e.